The van der Waals surface area contributed by atoms with E-state index < -0.39 is 10.0 Å². The zero-order valence-electron chi connectivity index (χ0n) is 14.0. The van der Waals surface area contributed by atoms with Crippen molar-refractivity contribution in [3.63, 3.8) is 0 Å². The second-order valence-corrected chi connectivity index (χ2v) is 8.03. The molecule has 0 bridgehead atoms. The largest absolute Gasteiger partial charge is 0.377 e. The molecule has 1 aromatic heterocycles. The van der Waals surface area contributed by atoms with Crippen LogP contribution < -0.4 is 4.72 Å². The average molecular weight is 349 g/mol. The summed E-state index contributed by atoms with van der Waals surface area (Å²) in [4.78, 5) is 0. The Labute approximate surface area is 142 Å². The van der Waals surface area contributed by atoms with E-state index >= 15 is 0 Å². The summed E-state index contributed by atoms with van der Waals surface area (Å²) in [5.41, 5.74) is 3.29. The lowest BCUT2D eigenvalue weighted by Gasteiger charge is -2.22. The first kappa shape index (κ1) is 17.0. The van der Waals surface area contributed by atoms with Gasteiger partial charge in [-0.05, 0) is 57.4 Å². The van der Waals surface area contributed by atoms with Gasteiger partial charge in [0.2, 0.25) is 10.0 Å². The van der Waals surface area contributed by atoms with Crippen molar-refractivity contribution in [2.24, 2.45) is 0 Å². The number of aromatic nitrogens is 2. The second kappa shape index (κ2) is 6.94. The van der Waals surface area contributed by atoms with Gasteiger partial charge in [0.25, 0.3) is 0 Å². The molecule has 130 valence electrons. The first-order valence-corrected chi connectivity index (χ1v) is 9.84. The van der Waals surface area contributed by atoms with Crippen molar-refractivity contribution in [3.8, 4) is 5.69 Å². The summed E-state index contributed by atoms with van der Waals surface area (Å²) in [6.07, 6.45) is 2.62. The summed E-state index contributed by atoms with van der Waals surface area (Å²) in [5, 5.41) is 4.43. The van der Waals surface area contributed by atoms with Gasteiger partial charge in [-0.2, -0.15) is 5.10 Å². The minimum absolute atomic E-state index is 0.00284. The Bertz CT molecular complexity index is 808. The van der Waals surface area contributed by atoms with Crippen LogP contribution in [0.15, 0.2) is 30.3 Å². The molecule has 2 aromatic rings. The highest BCUT2D eigenvalue weighted by Crippen LogP contribution is 2.19. The van der Waals surface area contributed by atoms with E-state index in [0.29, 0.717) is 12.3 Å². The fourth-order valence-corrected chi connectivity index (χ4v) is 4.32. The van der Waals surface area contributed by atoms with Gasteiger partial charge < -0.3 is 4.74 Å². The Morgan fingerprint density at radius 3 is 2.79 bits per heavy atom. The number of aryl methyl sites for hydroxylation is 2. The zero-order chi connectivity index (χ0) is 17.2. The molecule has 1 unspecified atom stereocenters. The molecular formula is C17H23N3O3S. The Kier molecular flexibility index (Phi) is 4.91. The number of nitrogens with zero attached hydrogens (tertiary/aromatic N) is 2. The standard InChI is InChI=1S/C17H23N3O3S/c1-13-10-14(2)20(18-13)16-7-5-6-15(11-16)19-24(21,22)12-17-8-3-4-9-23-17/h5-7,10-11,17,19H,3-4,8-9,12H2,1-2H3. The number of hydrogen-bond donors (Lipinski definition) is 1. The molecule has 0 saturated carbocycles. The molecule has 0 amide bonds. The van der Waals surface area contributed by atoms with Crippen molar-refractivity contribution < 1.29 is 13.2 Å². The van der Waals surface area contributed by atoms with Crippen molar-refractivity contribution in [1.82, 2.24) is 9.78 Å². The maximum absolute atomic E-state index is 12.4. The third kappa shape index (κ3) is 4.15. The van der Waals surface area contributed by atoms with E-state index in [2.05, 4.69) is 9.82 Å². The molecule has 1 fully saturated rings. The molecule has 0 aliphatic carbocycles. The van der Waals surface area contributed by atoms with Crippen LogP contribution in [0.5, 0.6) is 0 Å². The molecule has 6 nitrogen and oxygen atoms in total. The molecule has 0 radical (unpaired) electrons. The summed E-state index contributed by atoms with van der Waals surface area (Å²) in [6, 6.07) is 9.24. The first-order chi connectivity index (χ1) is 11.4. The Balaban J connectivity index is 1.75. The summed E-state index contributed by atoms with van der Waals surface area (Å²) < 4.78 is 34.7. The highest BCUT2D eigenvalue weighted by molar-refractivity contribution is 7.92. The minimum Gasteiger partial charge on any atom is -0.377 e. The van der Waals surface area contributed by atoms with Gasteiger partial charge in [-0.3, -0.25) is 4.72 Å². The molecule has 1 aliphatic rings. The molecular weight excluding hydrogens is 326 g/mol. The average Bonchev–Trinajstić information content (AvgIpc) is 2.86. The number of sulfonamides is 1. The summed E-state index contributed by atoms with van der Waals surface area (Å²) >= 11 is 0. The predicted octanol–water partition coefficient (Wildman–Crippen LogP) is 2.80. The maximum Gasteiger partial charge on any atom is 0.235 e. The lowest BCUT2D eigenvalue weighted by molar-refractivity contribution is 0.0306. The third-order valence-corrected chi connectivity index (χ3v) is 5.41. The van der Waals surface area contributed by atoms with Gasteiger partial charge in [0.1, 0.15) is 0 Å². The number of anilines is 1. The van der Waals surface area contributed by atoms with E-state index in [-0.39, 0.29) is 11.9 Å². The van der Waals surface area contributed by atoms with Crippen molar-refractivity contribution in [2.45, 2.75) is 39.2 Å². The van der Waals surface area contributed by atoms with Crippen LogP contribution >= 0.6 is 0 Å². The van der Waals surface area contributed by atoms with Crippen LogP contribution in [0.25, 0.3) is 5.69 Å². The molecule has 3 rings (SSSR count). The van der Waals surface area contributed by atoms with Gasteiger partial charge >= 0.3 is 0 Å². The Hall–Kier alpha value is -1.86. The van der Waals surface area contributed by atoms with E-state index in [1.54, 1.807) is 16.8 Å². The van der Waals surface area contributed by atoms with E-state index in [1.807, 2.05) is 32.0 Å². The third-order valence-electron chi connectivity index (χ3n) is 4.05. The molecule has 1 aromatic carbocycles. The van der Waals surface area contributed by atoms with E-state index in [1.165, 1.54) is 0 Å². The topological polar surface area (TPSA) is 73.2 Å². The SMILES string of the molecule is Cc1cc(C)n(-c2cccc(NS(=O)(=O)CC3CCCCO3)c2)n1. The van der Waals surface area contributed by atoms with Crippen LogP contribution in [0.1, 0.15) is 30.7 Å². The fraction of sp³-hybridized carbons (Fsp3) is 0.471. The highest BCUT2D eigenvalue weighted by atomic mass is 32.2. The maximum atomic E-state index is 12.4. The molecule has 2 heterocycles. The number of hydrogen-bond acceptors (Lipinski definition) is 4. The number of ether oxygens (including phenoxy) is 1. The van der Waals surface area contributed by atoms with Crippen molar-refractivity contribution in [2.75, 3.05) is 17.1 Å². The van der Waals surface area contributed by atoms with E-state index in [9.17, 15) is 8.42 Å². The number of nitrogens with one attached hydrogen (secondary N) is 1. The number of benzene rings is 1. The quantitative estimate of drug-likeness (QED) is 0.901. The van der Waals surface area contributed by atoms with Crippen LogP contribution in [0.2, 0.25) is 0 Å². The normalized spacial score (nSPS) is 18.5. The molecule has 1 atom stereocenters. The van der Waals surface area contributed by atoms with Crippen LogP contribution in [-0.2, 0) is 14.8 Å². The van der Waals surface area contributed by atoms with Crippen LogP contribution in [0, 0.1) is 13.8 Å². The molecule has 7 heteroatoms. The van der Waals surface area contributed by atoms with Crippen LogP contribution in [0.3, 0.4) is 0 Å². The summed E-state index contributed by atoms with van der Waals surface area (Å²) in [5.74, 6) is -0.00284. The first-order valence-electron chi connectivity index (χ1n) is 8.19. The van der Waals surface area contributed by atoms with Crippen molar-refractivity contribution in [1.29, 1.82) is 0 Å². The van der Waals surface area contributed by atoms with Crippen LogP contribution in [-0.4, -0.2) is 36.7 Å². The van der Waals surface area contributed by atoms with Gasteiger partial charge in [-0.25, -0.2) is 13.1 Å². The van der Waals surface area contributed by atoms with Gasteiger partial charge in [0, 0.05) is 12.3 Å². The summed E-state index contributed by atoms with van der Waals surface area (Å²) in [7, 11) is -3.44. The van der Waals surface area contributed by atoms with Gasteiger partial charge in [-0.1, -0.05) is 6.07 Å². The highest BCUT2D eigenvalue weighted by Gasteiger charge is 2.22. The number of rotatable bonds is 5. The minimum atomic E-state index is -3.44. The molecule has 1 aliphatic heterocycles. The van der Waals surface area contributed by atoms with Gasteiger partial charge in [0.05, 0.1) is 28.9 Å². The molecule has 24 heavy (non-hydrogen) atoms. The Morgan fingerprint density at radius 2 is 2.12 bits per heavy atom. The molecule has 1 saturated heterocycles. The lowest BCUT2D eigenvalue weighted by Crippen LogP contribution is -2.30. The molecule has 1 N–H and O–H groups in total. The fourth-order valence-electron chi connectivity index (χ4n) is 3.00. The second-order valence-electron chi connectivity index (χ2n) is 6.26. The summed E-state index contributed by atoms with van der Waals surface area (Å²) in [6.45, 7) is 4.55. The van der Waals surface area contributed by atoms with Crippen LogP contribution in [0.4, 0.5) is 5.69 Å². The lowest BCUT2D eigenvalue weighted by atomic mass is 10.1. The Morgan fingerprint density at radius 1 is 1.29 bits per heavy atom. The smallest absolute Gasteiger partial charge is 0.235 e. The van der Waals surface area contributed by atoms with Gasteiger partial charge in [-0.15, -0.1) is 0 Å². The predicted molar refractivity (Wildman–Crippen MR) is 94.0 cm³/mol. The van der Waals surface area contributed by atoms with E-state index in [0.717, 1.165) is 36.3 Å². The monoisotopic (exact) mass is 349 g/mol. The zero-order valence-corrected chi connectivity index (χ0v) is 14.8. The van der Waals surface area contributed by atoms with Gasteiger partial charge in [0.15, 0.2) is 0 Å². The van der Waals surface area contributed by atoms with Crippen molar-refractivity contribution >= 4 is 15.7 Å². The van der Waals surface area contributed by atoms with E-state index in [4.69, 9.17) is 4.74 Å². The van der Waals surface area contributed by atoms with Crippen molar-refractivity contribution in [3.05, 3.63) is 41.7 Å². The molecule has 0 spiro atoms.